The minimum absolute atomic E-state index is 0. The lowest BCUT2D eigenvalue weighted by Gasteiger charge is -2.09. The van der Waals surface area contributed by atoms with E-state index < -0.39 is 5.56 Å². The topological polar surface area (TPSA) is 99.5 Å². The summed E-state index contributed by atoms with van der Waals surface area (Å²) in [5.74, 6) is 1.54. The van der Waals surface area contributed by atoms with Gasteiger partial charge in [-0.2, -0.15) is 0 Å². The van der Waals surface area contributed by atoms with E-state index >= 15 is 0 Å². The van der Waals surface area contributed by atoms with Gasteiger partial charge in [-0.15, -0.1) is 12.4 Å². The van der Waals surface area contributed by atoms with Crippen LogP contribution in [0.2, 0.25) is 0 Å². The number of H-pyrrole nitrogens is 1. The molecule has 1 aromatic carbocycles. The van der Waals surface area contributed by atoms with Crippen molar-refractivity contribution in [3.8, 4) is 23.1 Å². The third-order valence-corrected chi connectivity index (χ3v) is 2.39. The number of anilines is 1. The number of ether oxygens (including phenoxy) is 3. The number of hydrogen-bond acceptors (Lipinski definition) is 6. The van der Waals surface area contributed by atoms with Crippen molar-refractivity contribution in [2.45, 2.75) is 0 Å². The quantitative estimate of drug-likeness (QED) is 0.889. The molecule has 0 amide bonds. The molecule has 0 atom stereocenters. The zero-order valence-corrected chi connectivity index (χ0v) is 11.7. The van der Waals surface area contributed by atoms with Gasteiger partial charge >= 0.3 is 0 Å². The van der Waals surface area contributed by atoms with Gasteiger partial charge in [-0.25, -0.2) is 4.98 Å². The summed E-state index contributed by atoms with van der Waals surface area (Å²) in [6, 6.07) is 4.96. The van der Waals surface area contributed by atoms with Crippen molar-refractivity contribution >= 4 is 18.1 Å². The molecule has 1 heterocycles. The van der Waals surface area contributed by atoms with Gasteiger partial charge in [-0.05, 0) is 0 Å². The maximum atomic E-state index is 11.3. The number of nitrogens with two attached hydrogens (primary N) is 1. The average Bonchev–Trinajstić information content (AvgIpc) is 2.43. The highest BCUT2D eigenvalue weighted by atomic mass is 35.5. The normalized spacial score (nSPS) is 9.50. The van der Waals surface area contributed by atoms with E-state index in [2.05, 4.69) is 9.97 Å². The van der Waals surface area contributed by atoms with Crippen molar-refractivity contribution < 1.29 is 14.2 Å². The lowest BCUT2D eigenvalue weighted by atomic mass is 10.3. The smallest absolute Gasteiger partial charge is 0.277 e. The number of hydrogen-bond donors (Lipinski definition) is 2. The number of methoxy groups -OCH3 is 2. The lowest BCUT2D eigenvalue weighted by molar-refractivity contribution is 0.385. The number of nitrogen functional groups attached to an aromatic ring is 1. The predicted octanol–water partition coefficient (Wildman–Crippen LogP) is 1.58. The van der Waals surface area contributed by atoms with Gasteiger partial charge < -0.3 is 24.9 Å². The van der Waals surface area contributed by atoms with Crippen molar-refractivity contribution in [1.29, 1.82) is 0 Å². The van der Waals surface area contributed by atoms with Crippen LogP contribution in [-0.2, 0) is 0 Å². The Hall–Kier alpha value is -2.41. The van der Waals surface area contributed by atoms with Gasteiger partial charge in [0.2, 0.25) is 5.88 Å². The fourth-order valence-electron chi connectivity index (χ4n) is 1.43. The summed E-state index contributed by atoms with van der Waals surface area (Å²) in [4.78, 5) is 17.5. The van der Waals surface area contributed by atoms with Gasteiger partial charge in [-0.3, -0.25) is 4.79 Å². The molecule has 0 saturated carbocycles. The van der Waals surface area contributed by atoms with E-state index in [4.69, 9.17) is 19.9 Å². The Bertz CT molecular complexity index is 623. The minimum atomic E-state index is -0.458. The van der Waals surface area contributed by atoms with E-state index in [1.807, 2.05) is 0 Å². The van der Waals surface area contributed by atoms with E-state index in [-0.39, 0.29) is 24.0 Å². The molecule has 2 rings (SSSR count). The molecular formula is C12H14ClN3O4. The van der Waals surface area contributed by atoms with Crippen molar-refractivity contribution in [2.24, 2.45) is 0 Å². The van der Waals surface area contributed by atoms with Crippen LogP contribution in [-0.4, -0.2) is 24.2 Å². The molecule has 1 aromatic heterocycles. The third-order valence-electron chi connectivity index (χ3n) is 2.39. The molecule has 0 fully saturated rings. The summed E-state index contributed by atoms with van der Waals surface area (Å²) in [5, 5.41) is 0. The monoisotopic (exact) mass is 299 g/mol. The van der Waals surface area contributed by atoms with Crippen molar-refractivity contribution in [1.82, 2.24) is 9.97 Å². The van der Waals surface area contributed by atoms with Crippen molar-refractivity contribution in [3.05, 3.63) is 34.9 Å². The number of halogens is 1. The summed E-state index contributed by atoms with van der Waals surface area (Å²) in [6.45, 7) is 0. The first-order chi connectivity index (χ1) is 9.13. The van der Waals surface area contributed by atoms with Crippen LogP contribution in [0.1, 0.15) is 0 Å². The Balaban J connectivity index is 0.00000200. The van der Waals surface area contributed by atoms with Crippen molar-refractivity contribution in [3.63, 3.8) is 0 Å². The molecule has 2 aromatic rings. The van der Waals surface area contributed by atoms with Gasteiger partial charge in [0.25, 0.3) is 5.56 Å². The first kappa shape index (κ1) is 15.6. The molecule has 108 valence electrons. The fourth-order valence-corrected chi connectivity index (χ4v) is 1.43. The maximum Gasteiger partial charge on any atom is 0.277 e. The molecule has 8 heteroatoms. The largest absolute Gasteiger partial charge is 0.496 e. The minimum Gasteiger partial charge on any atom is -0.496 e. The molecule has 3 N–H and O–H groups in total. The summed E-state index contributed by atoms with van der Waals surface area (Å²) < 4.78 is 15.7. The number of nitrogens with zero attached hydrogens (tertiary/aromatic N) is 1. The van der Waals surface area contributed by atoms with Gasteiger partial charge in [0.05, 0.1) is 20.5 Å². The van der Waals surface area contributed by atoms with Crippen LogP contribution in [0.15, 0.2) is 29.3 Å². The third kappa shape index (κ3) is 3.33. The molecule has 0 aliphatic rings. The molecule has 0 saturated heterocycles. The zero-order chi connectivity index (χ0) is 13.8. The second-order valence-corrected chi connectivity index (χ2v) is 3.60. The summed E-state index contributed by atoms with van der Waals surface area (Å²) in [5.41, 5.74) is 5.03. The van der Waals surface area contributed by atoms with Gasteiger partial charge in [-0.1, -0.05) is 0 Å². The fraction of sp³-hybridized carbons (Fsp3) is 0.167. The van der Waals surface area contributed by atoms with E-state index in [9.17, 15) is 4.79 Å². The lowest BCUT2D eigenvalue weighted by Crippen LogP contribution is -2.13. The Kier molecular flexibility index (Phi) is 5.22. The number of nitrogens with one attached hydrogen (secondary N) is 1. The van der Waals surface area contributed by atoms with Crippen LogP contribution < -0.4 is 25.5 Å². The summed E-state index contributed by atoms with van der Waals surface area (Å²) in [6.07, 6.45) is 1.21. The van der Waals surface area contributed by atoms with E-state index in [0.717, 1.165) is 0 Å². The zero-order valence-electron chi connectivity index (χ0n) is 10.9. The summed E-state index contributed by atoms with van der Waals surface area (Å²) in [7, 11) is 3.05. The highest BCUT2D eigenvalue weighted by Crippen LogP contribution is 2.30. The number of benzene rings is 1. The average molecular weight is 300 g/mol. The highest BCUT2D eigenvalue weighted by molar-refractivity contribution is 5.85. The second-order valence-electron chi connectivity index (χ2n) is 3.60. The van der Waals surface area contributed by atoms with Crippen LogP contribution in [0, 0.1) is 0 Å². The van der Waals surface area contributed by atoms with Gasteiger partial charge in [0.15, 0.2) is 5.69 Å². The number of rotatable bonds is 4. The number of aromatic amines is 1. The first-order valence-corrected chi connectivity index (χ1v) is 5.38. The number of aromatic nitrogens is 2. The van der Waals surface area contributed by atoms with E-state index in [0.29, 0.717) is 17.2 Å². The molecule has 0 radical (unpaired) electrons. The van der Waals surface area contributed by atoms with Crippen LogP contribution in [0.4, 0.5) is 5.69 Å². The molecule has 0 aliphatic carbocycles. The standard InChI is InChI=1S/C12H13N3O4.ClH/c1-17-7-3-8(18-2)5-9(4-7)19-12-10(13)11(16)14-6-15-12;/h3-6H,13H2,1-2H3,(H,14,15,16);1H. The Morgan fingerprint density at radius 2 is 1.65 bits per heavy atom. The molecule has 0 bridgehead atoms. The van der Waals surface area contributed by atoms with Crippen LogP contribution >= 0.6 is 12.4 Å². The maximum absolute atomic E-state index is 11.3. The van der Waals surface area contributed by atoms with Crippen LogP contribution in [0.3, 0.4) is 0 Å². The Morgan fingerprint density at radius 1 is 1.10 bits per heavy atom. The van der Waals surface area contributed by atoms with Gasteiger partial charge in [0.1, 0.15) is 17.2 Å². The van der Waals surface area contributed by atoms with E-state index in [1.54, 1.807) is 18.2 Å². The van der Waals surface area contributed by atoms with Crippen LogP contribution in [0.25, 0.3) is 0 Å². The Labute approximate surface area is 121 Å². The molecule has 0 spiro atoms. The second kappa shape index (κ2) is 6.67. The Morgan fingerprint density at radius 3 is 2.20 bits per heavy atom. The van der Waals surface area contributed by atoms with Gasteiger partial charge in [0, 0.05) is 18.2 Å². The first-order valence-electron chi connectivity index (χ1n) is 5.38. The molecule has 0 aliphatic heterocycles. The SMILES string of the molecule is COc1cc(OC)cc(Oc2nc[nH]c(=O)c2N)c1.Cl. The molecule has 20 heavy (non-hydrogen) atoms. The molecule has 7 nitrogen and oxygen atoms in total. The van der Waals surface area contributed by atoms with Crippen LogP contribution in [0.5, 0.6) is 23.1 Å². The molecule has 0 unspecified atom stereocenters. The highest BCUT2D eigenvalue weighted by Gasteiger charge is 2.09. The molecular weight excluding hydrogens is 286 g/mol. The van der Waals surface area contributed by atoms with Crippen molar-refractivity contribution in [2.75, 3.05) is 20.0 Å². The predicted molar refractivity (Wildman–Crippen MR) is 76.1 cm³/mol. The van der Waals surface area contributed by atoms with E-state index in [1.165, 1.54) is 20.5 Å². The summed E-state index contributed by atoms with van der Waals surface area (Å²) >= 11 is 0.